The average Bonchev–Trinajstić information content (AvgIpc) is 3.05. The molecule has 2 N–H and O–H groups in total. The van der Waals surface area contributed by atoms with Crippen molar-refractivity contribution in [3.63, 3.8) is 0 Å². The normalized spacial score (nSPS) is 45.2. The Kier molecular flexibility index (Phi) is 5.74. The lowest BCUT2D eigenvalue weighted by molar-refractivity contribution is -0.156. The third kappa shape index (κ3) is 2.94. The molecule has 0 aromatic carbocycles. The molecule has 3 saturated carbocycles. The molecule has 0 aromatic rings. The zero-order chi connectivity index (χ0) is 19.8. The monoisotopic (exact) mass is 376 g/mol. The van der Waals surface area contributed by atoms with Crippen molar-refractivity contribution in [2.75, 3.05) is 6.61 Å². The van der Waals surface area contributed by atoms with Crippen LogP contribution >= 0.6 is 0 Å². The van der Waals surface area contributed by atoms with Crippen LogP contribution < -0.4 is 0 Å². The first-order valence-corrected chi connectivity index (χ1v) is 10.3. The number of aliphatic hydroxyl groups is 2. The van der Waals surface area contributed by atoms with Crippen LogP contribution in [0.2, 0.25) is 0 Å². The Bertz CT molecular complexity index is 641. The number of carbonyl (C=O) groups is 3. The number of ketones is 1. The average molecular weight is 376 g/mol. The maximum Gasteiger partial charge on any atom is 0.162 e. The van der Waals surface area contributed by atoms with Crippen molar-refractivity contribution in [3.8, 4) is 0 Å². The Morgan fingerprint density at radius 2 is 2.00 bits per heavy atom. The Morgan fingerprint density at radius 1 is 1.26 bits per heavy atom. The fourth-order valence-electron chi connectivity index (χ4n) is 7.12. The highest BCUT2D eigenvalue weighted by Crippen LogP contribution is 2.65. The highest BCUT2D eigenvalue weighted by atomic mass is 16.3. The van der Waals surface area contributed by atoms with Gasteiger partial charge in [0, 0.05) is 17.8 Å². The van der Waals surface area contributed by atoms with Crippen LogP contribution in [-0.4, -0.2) is 41.3 Å². The second-order valence-electron chi connectivity index (χ2n) is 9.03. The molecule has 0 aliphatic heterocycles. The predicted molar refractivity (Wildman–Crippen MR) is 101 cm³/mol. The zero-order valence-corrected chi connectivity index (χ0v) is 16.4. The van der Waals surface area contributed by atoms with Crippen LogP contribution in [0.3, 0.4) is 0 Å². The number of hydrogen-bond donors (Lipinski definition) is 2. The SMILES string of the molecule is C/C=C1/CC[C@@H]2C([C@@H](O)C[C@@]3(C=O)C2CC[C@@H]3C(=O)CO)[C@@]1(C)CCC=O. The molecule has 2 unspecified atom stereocenters. The third-order valence-electron chi connectivity index (χ3n) is 8.17. The van der Waals surface area contributed by atoms with Crippen molar-refractivity contribution >= 4 is 18.4 Å². The van der Waals surface area contributed by atoms with E-state index in [1.54, 1.807) is 0 Å². The lowest BCUT2D eigenvalue weighted by Crippen LogP contribution is -2.58. The lowest BCUT2D eigenvalue weighted by Gasteiger charge is -2.58. The topological polar surface area (TPSA) is 91.7 Å². The summed E-state index contributed by atoms with van der Waals surface area (Å²) in [5, 5.41) is 20.6. The number of aldehydes is 2. The maximum absolute atomic E-state index is 12.3. The van der Waals surface area contributed by atoms with E-state index in [2.05, 4.69) is 13.0 Å². The molecule has 3 rings (SSSR count). The summed E-state index contributed by atoms with van der Waals surface area (Å²) in [4.78, 5) is 35.7. The van der Waals surface area contributed by atoms with E-state index in [0.717, 1.165) is 31.8 Å². The summed E-state index contributed by atoms with van der Waals surface area (Å²) >= 11 is 0. The fourth-order valence-corrected chi connectivity index (χ4v) is 7.12. The zero-order valence-electron chi connectivity index (χ0n) is 16.4. The van der Waals surface area contributed by atoms with Crippen LogP contribution in [0.4, 0.5) is 0 Å². The summed E-state index contributed by atoms with van der Waals surface area (Å²) in [7, 11) is 0. The van der Waals surface area contributed by atoms with Gasteiger partial charge in [-0.05, 0) is 68.6 Å². The maximum atomic E-state index is 12.3. The minimum absolute atomic E-state index is 0.00143. The van der Waals surface area contributed by atoms with Gasteiger partial charge >= 0.3 is 0 Å². The second-order valence-corrected chi connectivity index (χ2v) is 9.03. The van der Waals surface area contributed by atoms with Gasteiger partial charge in [0.15, 0.2) is 5.78 Å². The number of Topliss-reactive ketones (excluding diaryl/α,β-unsaturated/α-hetero) is 1. The molecule has 7 atom stereocenters. The molecule has 5 heteroatoms. The van der Waals surface area contributed by atoms with Crippen LogP contribution in [0.15, 0.2) is 11.6 Å². The molecular weight excluding hydrogens is 344 g/mol. The summed E-state index contributed by atoms with van der Waals surface area (Å²) in [6.45, 7) is 3.63. The highest BCUT2D eigenvalue weighted by molar-refractivity contribution is 5.87. The van der Waals surface area contributed by atoms with Gasteiger partial charge in [-0.3, -0.25) is 4.79 Å². The van der Waals surface area contributed by atoms with Crippen LogP contribution in [0, 0.1) is 34.5 Å². The summed E-state index contributed by atoms with van der Waals surface area (Å²) in [6, 6.07) is 0. The van der Waals surface area contributed by atoms with E-state index < -0.39 is 24.0 Å². The minimum atomic E-state index is -0.848. The van der Waals surface area contributed by atoms with Crippen molar-refractivity contribution in [1.29, 1.82) is 0 Å². The molecule has 150 valence electrons. The Hall–Kier alpha value is -1.33. The second kappa shape index (κ2) is 7.59. The molecule has 0 saturated heterocycles. The van der Waals surface area contributed by atoms with E-state index in [1.807, 2.05) is 6.92 Å². The molecule has 3 fully saturated rings. The van der Waals surface area contributed by atoms with E-state index in [-0.39, 0.29) is 35.4 Å². The van der Waals surface area contributed by atoms with Gasteiger partial charge in [-0.25, -0.2) is 0 Å². The molecule has 3 aliphatic carbocycles. The van der Waals surface area contributed by atoms with Crippen LogP contribution in [0.25, 0.3) is 0 Å². The van der Waals surface area contributed by atoms with Crippen molar-refractivity contribution in [2.45, 2.75) is 64.9 Å². The number of aliphatic hydroxyl groups excluding tert-OH is 2. The first kappa shape index (κ1) is 20.4. The smallest absolute Gasteiger partial charge is 0.162 e. The minimum Gasteiger partial charge on any atom is -0.393 e. The number of rotatable bonds is 6. The van der Waals surface area contributed by atoms with E-state index >= 15 is 0 Å². The summed E-state index contributed by atoms with van der Waals surface area (Å²) < 4.78 is 0. The summed E-state index contributed by atoms with van der Waals surface area (Å²) in [5.41, 5.74) is 0.190. The Labute approximate surface area is 161 Å². The van der Waals surface area contributed by atoms with Gasteiger partial charge in [0.25, 0.3) is 0 Å². The van der Waals surface area contributed by atoms with Crippen LogP contribution in [0.1, 0.15) is 58.8 Å². The molecule has 5 nitrogen and oxygen atoms in total. The molecular formula is C22H32O5. The van der Waals surface area contributed by atoms with Crippen LogP contribution in [0.5, 0.6) is 0 Å². The Morgan fingerprint density at radius 3 is 2.59 bits per heavy atom. The molecule has 0 aromatic heterocycles. The fraction of sp³-hybridized carbons (Fsp3) is 0.773. The number of hydrogen-bond acceptors (Lipinski definition) is 5. The van der Waals surface area contributed by atoms with Gasteiger partial charge in [0.1, 0.15) is 19.2 Å². The van der Waals surface area contributed by atoms with Crippen LogP contribution in [-0.2, 0) is 14.4 Å². The largest absolute Gasteiger partial charge is 0.393 e. The summed E-state index contributed by atoms with van der Waals surface area (Å²) in [5.74, 6) is -0.527. The van der Waals surface area contributed by atoms with Gasteiger partial charge in [-0.1, -0.05) is 18.6 Å². The van der Waals surface area contributed by atoms with E-state index in [4.69, 9.17) is 0 Å². The number of carbonyl (C=O) groups excluding carboxylic acids is 3. The number of allylic oxidation sites excluding steroid dienone is 2. The predicted octanol–water partition coefficient (Wildman–Crippen LogP) is 2.48. The molecule has 0 amide bonds. The first-order valence-electron chi connectivity index (χ1n) is 10.3. The van der Waals surface area contributed by atoms with Gasteiger partial charge in [-0.2, -0.15) is 0 Å². The number of fused-ring (bicyclic) bond motifs is 3. The summed E-state index contributed by atoms with van der Waals surface area (Å²) in [6.07, 6.45) is 7.95. The van der Waals surface area contributed by atoms with Crippen molar-refractivity contribution in [2.24, 2.45) is 34.5 Å². The van der Waals surface area contributed by atoms with E-state index in [9.17, 15) is 24.6 Å². The quantitative estimate of drug-likeness (QED) is 0.549. The Balaban J connectivity index is 2.01. The first-order chi connectivity index (χ1) is 12.9. The van der Waals surface area contributed by atoms with E-state index in [1.165, 1.54) is 5.57 Å². The van der Waals surface area contributed by atoms with Gasteiger partial charge in [0.2, 0.25) is 0 Å². The molecule has 0 radical (unpaired) electrons. The van der Waals surface area contributed by atoms with Gasteiger partial charge < -0.3 is 19.8 Å². The molecule has 27 heavy (non-hydrogen) atoms. The van der Waals surface area contributed by atoms with Crippen molar-refractivity contribution in [3.05, 3.63) is 11.6 Å². The highest BCUT2D eigenvalue weighted by Gasteiger charge is 2.64. The standard InChI is InChI=1S/C22H32O5/c1-3-14-5-6-15-16-7-8-17(19(27)12-24)22(16,13-25)11-18(26)20(15)21(14,2)9-4-10-23/h3,10,13,15-18,20,24,26H,4-9,11-12H2,1-2H3/b14-3-/t15-,16?,17+,18-,20?,21-,22+/m0/s1. The molecule has 0 heterocycles. The molecule has 0 bridgehead atoms. The van der Waals surface area contributed by atoms with Gasteiger partial charge in [0.05, 0.1) is 6.10 Å². The third-order valence-corrected chi connectivity index (χ3v) is 8.17. The molecule has 0 spiro atoms. The lowest BCUT2D eigenvalue weighted by atomic mass is 9.46. The molecule has 3 aliphatic rings. The van der Waals surface area contributed by atoms with E-state index in [0.29, 0.717) is 19.3 Å². The van der Waals surface area contributed by atoms with Gasteiger partial charge in [-0.15, -0.1) is 0 Å². The van der Waals surface area contributed by atoms with Crippen molar-refractivity contribution in [1.82, 2.24) is 0 Å². The van der Waals surface area contributed by atoms with Crippen molar-refractivity contribution < 1.29 is 24.6 Å².